The van der Waals surface area contributed by atoms with Gasteiger partial charge in [-0.1, -0.05) is 6.92 Å². The minimum Gasteiger partial charge on any atom is -0.481 e. The number of carbonyl (C=O) groups is 2. The Labute approximate surface area is 102 Å². The van der Waals surface area contributed by atoms with E-state index in [4.69, 9.17) is 9.84 Å². The molecular weight excluding hydrogens is 222 g/mol. The topological polar surface area (TPSA) is 66.8 Å². The fourth-order valence-electron chi connectivity index (χ4n) is 1.88. The average Bonchev–Trinajstić information content (AvgIpc) is 2.14. The molecule has 98 valence electrons. The van der Waals surface area contributed by atoms with Crippen LogP contribution in [-0.2, 0) is 9.53 Å². The number of amides is 1. The lowest BCUT2D eigenvalue weighted by Crippen LogP contribution is -2.47. The normalized spacial score (nSPS) is 25.5. The predicted octanol–water partition coefficient (Wildman–Crippen LogP) is 1.96. The van der Waals surface area contributed by atoms with E-state index in [9.17, 15) is 9.59 Å². The van der Waals surface area contributed by atoms with E-state index in [1.54, 1.807) is 20.8 Å². The Kier molecular flexibility index (Phi) is 4.01. The van der Waals surface area contributed by atoms with Crippen molar-refractivity contribution in [3.8, 4) is 0 Å². The number of piperidine rings is 1. The summed E-state index contributed by atoms with van der Waals surface area (Å²) in [6.07, 6.45) is 0.284. The molecule has 0 aliphatic carbocycles. The molecule has 17 heavy (non-hydrogen) atoms. The van der Waals surface area contributed by atoms with Crippen LogP contribution in [0.15, 0.2) is 0 Å². The molecular formula is C12H21NO4. The third-order valence-electron chi connectivity index (χ3n) is 2.93. The van der Waals surface area contributed by atoms with E-state index in [0.717, 1.165) is 0 Å². The summed E-state index contributed by atoms with van der Waals surface area (Å²) >= 11 is 0. The summed E-state index contributed by atoms with van der Waals surface area (Å²) in [6, 6.07) is 0. The molecule has 0 radical (unpaired) electrons. The summed E-state index contributed by atoms with van der Waals surface area (Å²) in [5.74, 6) is -1.23. The Morgan fingerprint density at radius 2 is 1.94 bits per heavy atom. The van der Waals surface area contributed by atoms with Crippen LogP contribution in [0.4, 0.5) is 4.79 Å². The molecule has 1 aliphatic heterocycles. The molecule has 5 heteroatoms. The van der Waals surface area contributed by atoms with Crippen molar-refractivity contribution >= 4 is 12.1 Å². The van der Waals surface area contributed by atoms with Gasteiger partial charge in [0, 0.05) is 13.1 Å². The van der Waals surface area contributed by atoms with Crippen molar-refractivity contribution in [2.75, 3.05) is 13.1 Å². The Bertz CT molecular complexity index is 308. The molecule has 1 heterocycles. The number of aliphatic carboxylic acids is 1. The van der Waals surface area contributed by atoms with Gasteiger partial charge in [0.05, 0.1) is 5.92 Å². The Morgan fingerprint density at radius 1 is 1.35 bits per heavy atom. The number of ether oxygens (including phenoxy) is 1. The third kappa shape index (κ3) is 3.91. The quantitative estimate of drug-likeness (QED) is 0.764. The van der Waals surface area contributed by atoms with E-state index in [2.05, 4.69) is 0 Å². The SMILES string of the molecule is CC1CCN(C(=O)OC(C)(C)C)C[C@@H]1C(=O)O. The number of carboxylic acid groups (broad SMARTS) is 1. The minimum atomic E-state index is -0.842. The highest BCUT2D eigenvalue weighted by Gasteiger charge is 2.35. The average molecular weight is 243 g/mol. The smallest absolute Gasteiger partial charge is 0.410 e. The molecule has 1 fully saturated rings. The van der Waals surface area contributed by atoms with Gasteiger partial charge in [0.25, 0.3) is 0 Å². The molecule has 1 aliphatic rings. The summed E-state index contributed by atoms with van der Waals surface area (Å²) in [5, 5.41) is 9.06. The first-order valence-corrected chi connectivity index (χ1v) is 5.91. The summed E-state index contributed by atoms with van der Waals surface area (Å²) in [5.41, 5.74) is -0.543. The second kappa shape index (κ2) is 4.94. The van der Waals surface area contributed by atoms with Crippen LogP contribution in [-0.4, -0.2) is 40.8 Å². The summed E-state index contributed by atoms with van der Waals surface area (Å²) in [7, 11) is 0. The Morgan fingerprint density at radius 3 is 2.41 bits per heavy atom. The van der Waals surface area contributed by atoms with Gasteiger partial charge in [0.1, 0.15) is 5.60 Å². The second-order valence-electron chi connectivity index (χ2n) is 5.64. The second-order valence-corrected chi connectivity index (χ2v) is 5.64. The monoisotopic (exact) mass is 243 g/mol. The molecule has 1 amide bonds. The maximum absolute atomic E-state index is 11.8. The van der Waals surface area contributed by atoms with Crippen LogP contribution in [0.5, 0.6) is 0 Å². The fourth-order valence-corrected chi connectivity index (χ4v) is 1.88. The van der Waals surface area contributed by atoms with Gasteiger partial charge in [-0.05, 0) is 33.1 Å². The Hall–Kier alpha value is -1.26. The molecule has 0 bridgehead atoms. The number of carboxylic acids is 1. The summed E-state index contributed by atoms with van der Waals surface area (Å²) in [6.45, 7) is 8.11. The van der Waals surface area contributed by atoms with E-state index in [-0.39, 0.29) is 12.5 Å². The molecule has 0 aromatic rings. The van der Waals surface area contributed by atoms with Gasteiger partial charge in [0.2, 0.25) is 0 Å². The third-order valence-corrected chi connectivity index (χ3v) is 2.93. The van der Waals surface area contributed by atoms with Gasteiger partial charge in [-0.15, -0.1) is 0 Å². The van der Waals surface area contributed by atoms with E-state index < -0.39 is 23.6 Å². The van der Waals surface area contributed by atoms with Crippen LogP contribution in [0.2, 0.25) is 0 Å². The predicted molar refractivity (Wildman–Crippen MR) is 62.7 cm³/mol. The highest BCUT2D eigenvalue weighted by atomic mass is 16.6. The van der Waals surface area contributed by atoms with Crippen LogP contribution in [0.1, 0.15) is 34.1 Å². The van der Waals surface area contributed by atoms with Crippen molar-refractivity contribution in [2.45, 2.75) is 39.7 Å². The number of hydrogen-bond acceptors (Lipinski definition) is 3. The van der Waals surface area contributed by atoms with Crippen LogP contribution in [0.3, 0.4) is 0 Å². The van der Waals surface area contributed by atoms with Crippen molar-refractivity contribution in [1.29, 1.82) is 0 Å². The zero-order valence-electron chi connectivity index (χ0n) is 10.9. The molecule has 0 saturated carbocycles. The van der Waals surface area contributed by atoms with Crippen molar-refractivity contribution in [2.24, 2.45) is 11.8 Å². The fraction of sp³-hybridized carbons (Fsp3) is 0.833. The number of hydrogen-bond donors (Lipinski definition) is 1. The highest BCUT2D eigenvalue weighted by molar-refractivity contribution is 5.73. The van der Waals surface area contributed by atoms with Crippen molar-refractivity contribution < 1.29 is 19.4 Å². The van der Waals surface area contributed by atoms with Crippen molar-refractivity contribution in [1.82, 2.24) is 4.90 Å². The molecule has 2 atom stereocenters. The lowest BCUT2D eigenvalue weighted by molar-refractivity contribution is -0.145. The summed E-state index contributed by atoms with van der Waals surface area (Å²) in [4.78, 5) is 24.3. The minimum absolute atomic E-state index is 0.103. The van der Waals surface area contributed by atoms with Gasteiger partial charge >= 0.3 is 12.1 Å². The first kappa shape index (κ1) is 13.8. The molecule has 1 saturated heterocycles. The number of rotatable bonds is 1. The molecule has 1 rings (SSSR count). The molecule has 0 aromatic heterocycles. The first-order valence-electron chi connectivity index (χ1n) is 5.91. The largest absolute Gasteiger partial charge is 0.481 e. The van der Waals surface area contributed by atoms with E-state index in [0.29, 0.717) is 13.0 Å². The molecule has 1 unspecified atom stereocenters. The molecule has 0 spiro atoms. The zero-order chi connectivity index (χ0) is 13.2. The van der Waals surface area contributed by atoms with E-state index >= 15 is 0 Å². The van der Waals surface area contributed by atoms with Gasteiger partial charge in [-0.2, -0.15) is 0 Å². The van der Waals surface area contributed by atoms with E-state index in [1.807, 2.05) is 6.92 Å². The zero-order valence-corrected chi connectivity index (χ0v) is 10.9. The molecule has 1 N–H and O–H groups in total. The number of likely N-dealkylation sites (tertiary alicyclic amines) is 1. The standard InChI is InChI=1S/C12H21NO4/c1-8-5-6-13(7-9(8)10(14)15)11(16)17-12(2,3)4/h8-9H,5-7H2,1-4H3,(H,14,15)/t8?,9-/m0/s1. The van der Waals surface area contributed by atoms with Crippen LogP contribution >= 0.6 is 0 Å². The maximum atomic E-state index is 11.8. The summed E-state index contributed by atoms with van der Waals surface area (Å²) < 4.78 is 5.23. The van der Waals surface area contributed by atoms with E-state index in [1.165, 1.54) is 4.90 Å². The lowest BCUT2D eigenvalue weighted by Gasteiger charge is -2.35. The van der Waals surface area contributed by atoms with Gasteiger partial charge < -0.3 is 14.7 Å². The van der Waals surface area contributed by atoms with Gasteiger partial charge in [0.15, 0.2) is 0 Å². The van der Waals surface area contributed by atoms with Crippen molar-refractivity contribution in [3.63, 3.8) is 0 Å². The Balaban J connectivity index is 2.62. The highest BCUT2D eigenvalue weighted by Crippen LogP contribution is 2.24. The van der Waals surface area contributed by atoms with Crippen LogP contribution in [0, 0.1) is 11.8 Å². The van der Waals surface area contributed by atoms with Gasteiger partial charge in [-0.25, -0.2) is 4.79 Å². The number of carbonyl (C=O) groups excluding carboxylic acids is 1. The van der Waals surface area contributed by atoms with Gasteiger partial charge in [-0.3, -0.25) is 4.79 Å². The molecule has 0 aromatic carbocycles. The van der Waals surface area contributed by atoms with Crippen LogP contribution in [0.25, 0.3) is 0 Å². The first-order chi connectivity index (χ1) is 7.70. The van der Waals surface area contributed by atoms with Crippen molar-refractivity contribution in [3.05, 3.63) is 0 Å². The lowest BCUT2D eigenvalue weighted by atomic mass is 9.87. The maximum Gasteiger partial charge on any atom is 0.410 e. The number of nitrogens with zero attached hydrogens (tertiary/aromatic N) is 1. The van der Waals surface area contributed by atoms with Crippen LogP contribution < -0.4 is 0 Å². The molecule has 5 nitrogen and oxygen atoms in total.